The van der Waals surface area contributed by atoms with E-state index in [4.69, 9.17) is 14.2 Å². The molecule has 0 aromatic heterocycles. The second kappa shape index (κ2) is 6.25. The summed E-state index contributed by atoms with van der Waals surface area (Å²) in [4.78, 5) is 12.0. The van der Waals surface area contributed by atoms with E-state index in [1.807, 2.05) is 0 Å². The van der Waals surface area contributed by atoms with Crippen LogP contribution in [-0.2, 0) is 9.53 Å². The first-order valence-corrected chi connectivity index (χ1v) is 6.79. The zero-order valence-corrected chi connectivity index (χ0v) is 12.5. The molecular weight excluding hydrogens is 314 g/mol. The van der Waals surface area contributed by atoms with Gasteiger partial charge in [0, 0.05) is 23.2 Å². The highest BCUT2D eigenvalue weighted by Crippen LogP contribution is 2.36. The third-order valence-electron chi connectivity index (χ3n) is 2.95. The molecule has 19 heavy (non-hydrogen) atoms. The molecule has 0 bridgehead atoms. The molecule has 0 aliphatic carbocycles. The van der Waals surface area contributed by atoms with Crippen LogP contribution in [-0.4, -0.2) is 32.8 Å². The third-order valence-corrected chi connectivity index (χ3v) is 3.61. The number of carbonyl (C=O) groups is 1. The molecular formula is C13H16BrNO4. The van der Waals surface area contributed by atoms with Gasteiger partial charge in [-0.25, -0.2) is 0 Å². The summed E-state index contributed by atoms with van der Waals surface area (Å²) in [5, 5.41) is 2.83. The van der Waals surface area contributed by atoms with Crippen molar-refractivity contribution in [1.29, 1.82) is 0 Å². The number of amides is 1. The third kappa shape index (κ3) is 3.19. The summed E-state index contributed by atoms with van der Waals surface area (Å²) < 4.78 is 16.5. The highest BCUT2D eigenvalue weighted by molar-refractivity contribution is 9.10. The van der Waals surface area contributed by atoms with E-state index in [9.17, 15) is 4.79 Å². The molecule has 1 aromatic carbocycles. The standard InChI is InChI=1S/C13H16BrNO4/c1-17-11-6-8(14)9(7-12(11)18-2)15-13(16)10-4-3-5-19-10/h6-7,10H,3-5H2,1-2H3,(H,15,16)/t10-/m1/s1. The second-order valence-electron chi connectivity index (χ2n) is 4.18. The summed E-state index contributed by atoms with van der Waals surface area (Å²) in [5.74, 6) is 1.03. The minimum atomic E-state index is -0.361. The van der Waals surface area contributed by atoms with Gasteiger partial charge >= 0.3 is 0 Å². The van der Waals surface area contributed by atoms with Gasteiger partial charge in [0.05, 0.1) is 19.9 Å². The van der Waals surface area contributed by atoms with Gasteiger partial charge in [-0.05, 0) is 28.8 Å². The highest BCUT2D eigenvalue weighted by Gasteiger charge is 2.24. The highest BCUT2D eigenvalue weighted by atomic mass is 79.9. The van der Waals surface area contributed by atoms with E-state index in [1.165, 1.54) is 0 Å². The van der Waals surface area contributed by atoms with Crippen LogP contribution in [0.3, 0.4) is 0 Å². The zero-order chi connectivity index (χ0) is 13.8. The molecule has 1 heterocycles. The van der Waals surface area contributed by atoms with Gasteiger partial charge in [-0.3, -0.25) is 4.79 Å². The van der Waals surface area contributed by atoms with Gasteiger partial charge in [0.25, 0.3) is 5.91 Å². The van der Waals surface area contributed by atoms with Crippen molar-refractivity contribution < 1.29 is 19.0 Å². The largest absolute Gasteiger partial charge is 0.493 e. The summed E-state index contributed by atoms with van der Waals surface area (Å²) in [7, 11) is 3.12. The molecule has 0 radical (unpaired) electrons. The monoisotopic (exact) mass is 329 g/mol. The number of rotatable bonds is 4. The number of halogens is 1. The number of anilines is 1. The summed E-state index contributed by atoms with van der Waals surface area (Å²) in [6, 6.07) is 3.47. The average Bonchev–Trinajstić information content (AvgIpc) is 2.94. The Balaban J connectivity index is 2.17. The van der Waals surface area contributed by atoms with Gasteiger partial charge in [0.15, 0.2) is 11.5 Å². The molecule has 1 amide bonds. The lowest BCUT2D eigenvalue weighted by molar-refractivity contribution is -0.124. The topological polar surface area (TPSA) is 56.8 Å². The lowest BCUT2D eigenvalue weighted by Gasteiger charge is -2.14. The van der Waals surface area contributed by atoms with E-state index in [-0.39, 0.29) is 12.0 Å². The fraction of sp³-hybridized carbons (Fsp3) is 0.462. The number of ether oxygens (including phenoxy) is 3. The normalized spacial score (nSPS) is 18.2. The van der Waals surface area contributed by atoms with Crippen molar-refractivity contribution in [2.45, 2.75) is 18.9 Å². The van der Waals surface area contributed by atoms with E-state index >= 15 is 0 Å². The van der Waals surface area contributed by atoms with Crippen LogP contribution in [0.1, 0.15) is 12.8 Å². The van der Waals surface area contributed by atoms with Crippen LogP contribution in [0.4, 0.5) is 5.69 Å². The Morgan fingerprint density at radius 3 is 2.63 bits per heavy atom. The van der Waals surface area contributed by atoms with Crippen molar-refractivity contribution in [1.82, 2.24) is 0 Å². The van der Waals surface area contributed by atoms with E-state index < -0.39 is 0 Å². The van der Waals surface area contributed by atoms with Gasteiger partial charge < -0.3 is 19.5 Å². The second-order valence-corrected chi connectivity index (χ2v) is 5.03. The van der Waals surface area contributed by atoms with Gasteiger partial charge in [0.1, 0.15) is 6.10 Å². The fourth-order valence-corrected chi connectivity index (χ4v) is 2.37. The number of hydrogen-bond donors (Lipinski definition) is 1. The maximum Gasteiger partial charge on any atom is 0.253 e. The number of benzene rings is 1. The Morgan fingerprint density at radius 1 is 1.37 bits per heavy atom. The SMILES string of the molecule is COc1cc(Br)c(NC(=O)[C@H]2CCCO2)cc1OC. The van der Waals surface area contributed by atoms with Crippen LogP contribution in [0, 0.1) is 0 Å². The van der Waals surface area contributed by atoms with Crippen LogP contribution in [0.5, 0.6) is 11.5 Å². The van der Waals surface area contributed by atoms with E-state index in [0.29, 0.717) is 23.8 Å². The number of methoxy groups -OCH3 is 2. The van der Waals surface area contributed by atoms with Crippen LogP contribution in [0.2, 0.25) is 0 Å². The van der Waals surface area contributed by atoms with Gasteiger partial charge in [0.2, 0.25) is 0 Å². The minimum absolute atomic E-state index is 0.134. The number of nitrogens with one attached hydrogen (secondary N) is 1. The number of hydrogen-bond acceptors (Lipinski definition) is 4. The lowest BCUT2D eigenvalue weighted by atomic mass is 10.2. The van der Waals surface area contributed by atoms with Gasteiger partial charge in [-0.2, -0.15) is 0 Å². The Hall–Kier alpha value is -1.27. The molecule has 1 atom stereocenters. The first-order chi connectivity index (χ1) is 9.15. The zero-order valence-electron chi connectivity index (χ0n) is 10.9. The van der Waals surface area contributed by atoms with E-state index in [2.05, 4.69) is 21.2 Å². The molecule has 1 aliphatic rings. The predicted octanol–water partition coefficient (Wildman–Crippen LogP) is 2.58. The van der Waals surface area contributed by atoms with E-state index in [1.54, 1.807) is 26.4 Å². The summed E-state index contributed by atoms with van der Waals surface area (Å²) in [5.41, 5.74) is 0.637. The summed E-state index contributed by atoms with van der Waals surface area (Å²) in [6.07, 6.45) is 1.32. The Kier molecular flexibility index (Phi) is 4.66. The Labute approximate surface area is 120 Å². The van der Waals surface area contributed by atoms with Crippen molar-refractivity contribution in [2.24, 2.45) is 0 Å². The quantitative estimate of drug-likeness (QED) is 0.922. The van der Waals surface area contributed by atoms with Crippen molar-refractivity contribution in [2.75, 3.05) is 26.1 Å². The molecule has 1 aliphatic heterocycles. The molecule has 0 unspecified atom stereocenters. The Morgan fingerprint density at radius 2 is 2.05 bits per heavy atom. The minimum Gasteiger partial charge on any atom is -0.493 e. The van der Waals surface area contributed by atoms with Gasteiger partial charge in [-0.1, -0.05) is 0 Å². The van der Waals surface area contributed by atoms with Crippen molar-refractivity contribution in [3.63, 3.8) is 0 Å². The Bertz CT molecular complexity index is 472. The maximum atomic E-state index is 12.0. The van der Waals surface area contributed by atoms with Crippen LogP contribution >= 0.6 is 15.9 Å². The molecule has 104 valence electrons. The molecule has 0 spiro atoms. The fourth-order valence-electron chi connectivity index (χ4n) is 1.95. The van der Waals surface area contributed by atoms with Crippen LogP contribution in [0.25, 0.3) is 0 Å². The molecule has 2 rings (SSSR count). The first kappa shape index (κ1) is 14.1. The van der Waals surface area contributed by atoms with Crippen LogP contribution in [0.15, 0.2) is 16.6 Å². The maximum absolute atomic E-state index is 12.0. The van der Waals surface area contributed by atoms with Crippen molar-refractivity contribution in [3.8, 4) is 11.5 Å². The smallest absolute Gasteiger partial charge is 0.253 e. The molecule has 1 fully saturated rings. The molecule has 1 aromatic rings. The van der Waals surface area contributed by atoms with Gasteiger partial charge in [-0.15, -0.1) is 0 Å². The molecule has 6 heteroatoms. The average molecular weight is 330 g/mol. The molecule has 0 saturated carbocycles. The summed E-state index contributed by atoms with van der Waals surface area (Å²) >= 11 is 3.40. The molecule has 1 saturated heterocycles. The van der Waals surface area contributed by atoms with Crippen molar-refractivity contribution >= 4 is 27.5 Å². The number of carbonyl (C=O) groups excluding carboxylic acids is 1. The van der Waals surface area contributed by atoms with Crippen molar-refractivity contribution in [3.05, 3.63) is 16.6 Å². The molecule has 1 N–H and O–H groups in total. The first-order valence-electron chi connectivity index (χ1n) is 5.99. The lowest BCUT2D eigenvalue weighted by Crippen LogP contribution is -2.27. The molecule has 5 nitrogen and oxygen atoms in total. The van der Waals surface area contributed by atoms with Crippen LogP contribution < -0.4 is 14.8 Å². The predicted molar refractivity (Wildman–Crippen MR) is 74.8 cm³/mol. The summed E-state index contributed by atoms with van der Waals surface area (Å²) in [6.45, 7) is 0.644. The van der Waals surface area contributed by atoms with E-state index in [0.717, 1.165) is 17.3 Å².